The molecule has 2 unspecified atom stereocenters. The van der Waals surface area contributed by atoms with Gasteiger partial charge in [-0.1, -0.05) is 19.8 Å². The Morgan fingerprint density at radius 1 is 1.55 bits per heavy atom. The summed E-state index contributed by atoms with van der Waals surface area (Å²) in [6, 6.07) is 0.597. The van der Waals surface area contributed by atoms with E-state index >= 15 is 0 Å². The van der Waals surface area contributed by atoms with Crippen molar-refractivity contribution in [1.29, 1.82) is 0 Å². The zero-order chi connectivity index (χ0) is 8.10. The number of rotatable bonds is 3. The summed E-state index contributed by atoms with van der Waals surface area (Å²) in [5, 5.41) is 3.43. The summed E-state index contributed by atoms with van der Waals surface area (Å²) >= 11 is 0. The molecule has 0 amide bonds. The lowest BCUT2D eigenvalue weighted by Gasteiger charge is -2.29. The van der Waals surface area contributed by atoms with Crippen LogP contribution in [0.1, 0.15) is 32.6 Å². The molecule has 1 aliphatic heterocycles. The summed E-state index contributed by atoms with van der Waals surface area (Å²) in [6.07, 6.45) is 5.36. The smallest absolute Gasteiger partial charge is 0.0192 e. The first-order chi connectivity index (χ1) is 5.36. The third-order valence-electron chi connectivity index (χ3n) is 2.58. The molecule has 0 aromatic rings. The van der Waals surface area contributed by atoms with Gasteiger partial charge in [0.05, 0.1) is 0 Å². The molecule has 3 N–H and O–H groups in total. The van der Waals surface area contributed by atoms with Crippen molar-refractivity contribution >= 4 is 0 Å². The Morgan fingerprint density at radius 2 is 2.36 bits per heavy atom. The molecule has 1 fully saturated rings. The Kier molecular flexibility index (Phi) is 3.87. The number of nitrogens with two attached hydrogens (primary N) is 1. The van der Waals surface area contributed by atoms with Crippen LogP contribution in [0.25, 0.3) is 0 Å². The van der Waals surface area contributed by atoms with Gasteiger partial charge in [0.15, 0.2) is 0 Å². The average molecular weight is 156 g/mol. The van der Waals surface area contributed by atoms with Crippen LogP contribution in [-0.2, 0) is 0 Å². The highest BCUT2D eigenvalue weighted by molar-refractivity contribution is 4.78. The van der Waals surface area contributed by atoms with E-state index in [0.717, 1.165) is 12.5 Å². The van der Waals surface area contributed by atoms with E-state index in [1.54, 1.807) is 0 Å². The Morgan fingerprint density at radius 3 is 3.00 bits per heavy atom. The van der Waals surface area contributed by atoms with E-state index in [2.05, 4.69) is 12.2 Å². The maximum atomic E-state index is 5.60. The molecule has 0 spiro atoms. The van der Waals surface area contributed by atoms with Crippen molar-refractivity contribution in [2.75, 3.05) is 13.1 Å². The monoisotopic (exact) mass is 156 g/mol. The second kappa shape index (κ2) is 4.73. The van der Waals surface area contributed by atoms with Gasteiger partial charge in [-0.05, 0) is 25.3 Å². The van der Waals surface area contributed by atoms with Crippen molar-refractivity contribution in [1.82, 2.24) is 5.32 Å². The lowest BCUT2D eigenvalue weighted by atomic mass is 9.89. The van der Waals surface area contributed by atoms with Crippen LogP contribution < -0.4 is 11.1 Å². The molecule has 2 atom stereocenters. The van der Waals surface area contributed by atoms with Gasteiger partial charge in [-0.25, -0.2) is 0 Å². The SMILES string of the molecule is CCCC1CCNC(CN)C1. The minimum absolute atomic E-state index is 0.597. The summed E-state index contributed by atoms with van der Waals surface area (Å²) in [5.74, 6) is 0.940. The molecule has 2 nitrogen and oxygen atoms in total. The van der Waals surface area contributed by atoms with Crippen LogP contribution in [0, 0.1) is 5.92 Å². The zero-order valence-corrected chi connectivity index (χ0v) is 7.47. The van der Waals surface area contributed by atoms with Crippen LogP contribution in [0.4, 0.5) is 0 Å². The standard InChI is InChI=1S/C9H20N2/c1-2-3-8-4-5-11-9(6-8)7-10/h8-9,11H,2-7,10H2,1H3. The Balaban J connectivity index is 2.21. The summed E-state index contributed by atoms with van der Waals surface area (Å²) in [7, 11) is 0. The van der Waals surface area contributed by atoms with Crippen molar-refractivity contribution < 1.29 is 0 Å². The third kappa shape index (κ3) is 2.80. The van der Waals surface area contributed by atoms with E-state index in [1.165, 1.54) is 32.2 Å². The molecule has 0 radical (unpaired) electrons. The van der Waals surface area contributed by atoms with Gasteiger partial charge < -0.3 is 11.1 Å². The first kappa shape index (κ1) is 9.01. The molecule has 1 aliphatic rings. The van der Waals surface area contributed by atoms with Crippen LogP contribution in [-0.4, -0.2) is 19.1 Å². The molecule has 0 aliphatic carbocycles. The molecular weight excluding hydrogens is 136 g/mol. The molecular formula is C9H20N2. The molecule has 11 heavy (non-hydrogen) atoms. The molecule has 0 aromatic carbocycles. The first-order valence-corrected chi connectivity index (χ1v) is 4.80. The van der Waals surface area contributed by atoms with Crippen molar-refractivity contribution in [3.8, 4) is 0 Å². The second-order valence-electron chi connectivity index (χ2n) is 3.57. The van der Waals surface area contributed by atoms with E-state index < -0.39 is 0 Å². The highest BCUT2D eigenvalue weighted by Crippen LogP contribution is 2.20. The van der Waals surface area contributed by atoms with Gasteiger partial charge in [-0.15, -0.1) is 0 Å². The number of piperidine rings is 1. The lowest BCUT2D eigenvalue weighted by Crippen LogP contribution is -2.42. The summed E-state index contributed by atoms with van der Waals surface area (Å²) < 4.78 is 0. The van der Waals surface area contributed by atoms with Gasteiger partial charge in [0.1, 0.15) is 0 Å². The van der Waals surface area contributed by atoms with Crippen molar-refractivity contribution in [3.63, 3.8) is 0 Å². The van der Waals surface area contributed by atoms with Gasteiger partial charge in [0.2, 0.25) is 0 Å². The van der Waals surface area contributed by atoms with Crippen LogP contribution in [0.5, 0.6) is 0 Å². The van der Waals surface area contributed by atoms with Crippen LogP contribution in [0.3, 0.4) is 0 Å². The van der Waals surface area contributed by atoms with Gasteiger partial charge >= 0.3 is 0 Å². The van der Waals surface area contributed by atoms with E-state index in [1.807, 2.05) is 0 Å². The molecule has 0 aromatic heterocycles. The molecule has 66 valence electrons. The molecule has 1 heterocycles. The fourth-order valence-corrected chi connectivity index (χ4v) is 1.95. The first-order valence-electron chi connectivity index (χ1n) is 4.80. The zero-order valence-electron chi connectivity index (χ0n) is 7.47. The van der Waals surface area contributed by atoms with E-state index in [-0.39, 0.29) is 0 Å². The maximum Gasteiger partial charge on any atom is 0.0192 e. The Labute approximate surface area is 69.5 Å². The van der Waals surface area contributed by atoms with Gasteiger partial charge in [-0.2, -0.15) is 0 Å². The number of hydrogen-bond donors (Lipinski definition) is 2. The maximum absolute atomic E-state index is 5.60. The fraction of sp³-hybridized carbons (Fsp3) is 1.00. The topological polar surface area (TPSA) is 38.0 Å². The molecule has 1 saturated heterocycles. The number of nitrogens with one attached hydrogen (secondary N) is 1. The molecule has 2 heteroatoms. The Hall–Kier alpha value is -0.0800. The van der Waals surface area contributed by atoms with Crippen molar-refractivity contribution in [3.05, 3.63) is 0 Å². The van der Waals surface area contributed by atoms with E-state index in [4.69, 9.17) is 5.73 Å². The van der Waals surface area contributed by atoms with Gasteiger partial charge in [0, 0.05) is 12.6 Å². The van der Waals surface area contributed by atoms with Crippen molar-refractivity contribution in [2.45, 2.75) is 38.6 Å². The van der Waals surface area contributed by atoms with Gasteiger partial charge in [0.25, 0.3) is 0 Å². The minimum atomic E-state index is 0.597. The highest BCUT2D eigenvalue weighted by Gasteiger charge is 2.18. The molecule has 0 saturated carbocycles. The summed E-state index contributed by atoms with van der Waals surface area (Å²) in [6.45, 7) is 4.24. The van der Waals surface area contributed by atoms with Crippen LogP contribution >= 0.6 is 0 Å². The minimum Gasteiger partial charge on any atom is -0.329 e. The molecule has 1 rings (SSSR count). The lowest BCUT2D eigenvalue weighted by molar-refractivity contribution is 0.290. The molecule has 0 bridgehead atoms. The summed E-state index contributed by atoms with van der Waals surface area (Å²) in [5.41, 5.74) is 5.60. The number of hydrogen-bond acceptors (Lipinski definition) is 2. The second-order valence-corrected chi connectivity index (χ2v) is 3.57. The summed E-state index contributed by atoms with van der Waals surface area (Å²) in [4.78, 5) is 0. The normalized spacial score (nSPS) is 32.2. The van der Waals surface area contributed by atoms with E-state index in [0.29, 0.717) is 6.04 Å². The third-order valence-corrected chi connectivity index (χ3v) is 2.58. The fourth-order valence-electron chi connectivity index (χ4n) is 1.95. The van der Waals surface area contributed by atoms with Crippen LogP contribution in [0.2, 0.25) is 0 Å². The highest BCUT2D eigenvalue weighted by atomic mass is 14.9. The predicted octanol–water partition coefficient (Wildman–Crippen LogP) is 1.11. The quantitative estimate of drug-likeness (QED) is 0.642. The average Bonchev–Trinajstić information content (AvgIpc) is 2.06. The van der Waals surface area contributed by atoms with Gasteiger partial charge in [-0.3, -0.25) is 0 Å². The largest absolute Gasteiger partial charge is 0.329 e. The predicted molar refractivity (Wildman–Crippen MR) is 48.5 cm³/mol. The van der Waals surface area contributed by atoms with Crippen LogP contribution in [0.15, 0.2) is 0 Å². The van der Waals surface area contributed by atoms with E-state index in [9.17, 15) is 0 Å². The Bertz CT molecular complexity index is 102. The van der Waals surface area contributed by atoms with Crippen molar-refractivity contribution in [2.24, 2.45) is 11.7 Å².